The van der Waals surface area contributed by atoms with Crippen LogP contribution < -0.4 is 0 Å². The van der Waals surface area contributed by atoms with E-state index in [2.05, 4.69) is 9.97 Å². The van der Waals surface area contributed by atoms with Crippen molar-refractivity contribution in [3.05, 3.63) is 96.1 Å². The fourth-order valence-corrected chi connectivity index (χ4v) is 2.31. The largest absolute Gasteiger partial charge is 0.374 e. The lowest BCUT2D eigenvalue weighted by Gasteiger charge is -2.28. The average molecular weight is 262 g/mol. The summed E-state index contributed by atoms with van der Waals surface area (Å²) in [5.74, 6) is 0. The lowest BCUT2D eigenvalue weighted by Crippen LogP contribution is -2.30. The van der Waals surface area contributed by atoms with Crippen LogP contribution in [0, 0.1) is 0 Å². The third-order valence-corrected chi connectivity index (χ3v) is 3.32. The Hall–Kier alpha value is -2.52. The van der Waals surface area contributed by atoms with E-state index >= 15 is 0 Å². The van der Waals surface area contributed by atoms with Crippen LogP contribution in [0.4, 0.5) is 0 Å². The van der Waals surface area contributed by atoms with Crippen molar-refractivity contribution < 1.29 is 5.11 Å². The van der Waals surface area contributed by atoms with Gasteiger partial charge in [0.1, 0.15) is 0 Å². The minimum Gasteiger partial charge on any atom is -0.374 e. The van der Waals surface area contributed by atoms with Gasteiger partial charge in [0.25, 0.3) is 0 Å². The van der Waals surface area contributed by atoms with Crippen LogP contribution in [0.3, 0.4) is 0 Å². The van der Waals surface area contributed by atoms with E-state index in [1.165, 1.54) is 0 Å². The van der Waals surface area contributed by atoms with Crippen LogP contribution in [0.5, 0.6) is 0 Å². The predicted octanol–water partition coefficient (Wildman–Crippen LogP) is 2.76. The third kappa shape index (κ3) is 2.08. The van der Waals surface area contributed by atoms with E-state index < -0.39 is 5.60 Å². The Morgan fingerprint density at radius 1 is 0.750 bits per heavy atom. The van der Waals surface area contributed by atoms with Crippen molar-refractivity contribution in [1.82, 2.24) is 9.97 Å². The van der Waals surface area contributed by atoms with Crippen LogP contribution in [-0.2, 0) is 5.60 Å². The van der Waals surface area contributed by atoms with Gasteiger partial charge in [-0.15, -0.1) is 0 Å². The molecule has 0 amide bonds. The number of aromatic nitrogens is 2. The fourth-order valence-electron chi connectivity index (χ4n) is 2.31. The first-order valence-electron chi connectivity index (χ1n) is 6.42. The van der Waals surface area contributed by atoms with Crippen molar-refractivity contribution in [2.75, 3.05) is 0 Å². The summed E-state index contributed by atoms with van der Waals surface area (Å²) < 4.78 is 0. The van der Waals surface area contributed by atoms with E-state index in [-0.39, 0.29) is 0 Å². The molecule has 3 rings (SSSR count). The summed E-state index contributed by atoms with van der Waals surface area (Å²) in [5, 5.41) is 11.3. The first kappa shape index (κ1) is 12.5. The van der Waals surface area contributed by atoms with Crippen LogP contribution in [0.15, 0.2) is 79.3 Å². The van der Waals surface area contributed by atoms with E-state index in [0.29, 0.717) is 5.69 Å². The first-order chi connectivity index (χ1) is 9.82. The molecule has 0 saturated carbocycles. The Bertz CT molecular complexity index is 572. The molecular formula is C17H14N2O. The summed E-state index contributed by atoms with van der Waals surface area (Å²) in [7, 11) is 0. The molecule has 0 unspecified atom stereocenters. The number of aliphatic hydroxyl groups is 1. The van der Waals surface area contributed by atoms with Crippen LogP contribution in [0.2, 0.25) is 0 Å². The zero-order valence-electron chi connectivity index (χ0n) is 10.8. The van der Waals surface area contributed by atoms with Crippen molar-refractivity contribution in [3.63, 3.8) is 0 Å². The Labute approximate surface area is 117 Å². The van der Waals surface area contributed by atoms with Crippen LogP contribution in [0.1, 0.15) is 16.8 Å². The summed E-state index contributed by atoms with van der Waals surface area (Å²) in [6, 6.07) is 19.0. The van der Waals surface area contributed by atoms with Crippen LogP contribution in [0.25, 0.3) is 0 Å². The van der Waals surface area contributed by atoms with E-state index in [4.69, 9.17) is 0 Å². The molecule has 20 heavy (non-hydrogen) atoms. The van der Waals surface area contributed by atoms with Crippen molar-refractivity contribution in [3.8, 4) is 0 Å². The molecule has 0 spiro atoms. The van der Waals surface area contributed by atoms with E-state index in [1.54, 1.807) is 18.6 Å². The number of rotatable bonds is 3. The van der Waals surface area contributed by atoms with Gasteiger partial charge in [0.2, 0.25) is 0 Å². The second-order valence-corrected chi connectivity index (χ2v) is 4.53. The van der Waals surface area contributed by atoms with Crippen LogP contribution >= 0.6 is 0 Å². The quantitative estimate of drug-likeness (QED) is 0.789. The number of benzene rings is 2. The molecule has 1 heterocycles. The fraction of sp³-hybridized carbons (Fsp3) is 0.0588. The van der Waals surface area contributed by atoms with Gasteiger partial charge in [-0.2, -0.15) is 0 Å². The van der Waals surface area contributed by atoms with Crippen molar-refractivity contribution in [2.45, 2.75) is 5.60 Å². The van der Waals surface area contributed by atoms with Gasteiger partial charge in [0.15, 0.2) is 5.60 Å². The maximum Gasteiger partial charge on any atom is 0.158 e. The molecule has 2 aromatic carbocycles. The molecule has 3 heteroatoms. The van der Waals surface area contributed by atoms with Crippen molar-refractivity contribution >= 4 is 0 Å². The minimum atomic E-state index is -1.29. The summed E-state index contributed by atoms with van der Waals surface area (Å²) in [6.45, 7) is 0. The van der Waals surface area contributed by atoms with E-state index in [9.17, 15) is 5.11 Å². The third-order valence-electron chi connectivity index (χ3n) is 3.32. The van der Waals surface area contributed by atoms with Gasteiger partial charge >= 0.3 is 0 Å². The second kappa shape index (κ2) is 5.23. The highest BCUT2D eigenvalue weighted by Crippen LogP contribution is 2.34. The molecule has 98 valence electrons. The lowest BCUT2D eigenvalue weighted by atomic mass is 9.84. The van der Waals surface area contributed by atoms with Gasteiger partial charge in [0, 0.05) is 12.4 Å². The van der Waals surface area contributed by atoms with E-state index in [1.807, 2.05) is 60.7 Å². The van der Waals surface area contributed by atoms with Gasteiger partial charge in [-0.3, -0.25) is 9.97 Å². The van der Waals surface area contributed by atoms with E-state index in [0.717, 1.165) is 11.1 Å². The van der Waals surface area contributed by atoms with Crippen molar-refractivity contribution in [1.29, 1.82) is 0 Å². The molecule has 0 atom stereocenters. The average Bonchev–Trinajstić information content (AvgIpc) is 2.56. The molecule has 0 aliphatic heterocycles. The summed E-state index contributed by atoms with van der Waals surface area (Å²) >= 11 is 0. The Morgan fingerprint density at radius 2 is 1.30 bits per heavy atom. The second-order valence-electron chi connectivity index (χ2n) is 4.53. The Kier molecular flexibility index (Phi) is 3.27. The molecule has 0 bridgehead atoms. The van der Waals surface area contributed by atoms with Gasteiger partial charge < -0.3 is 5.11 Å². The normalized spacial score (nSPS) is 11.2. The van der Waals surface area contributed by atoms with Gasteiger partial charge in [-0.1, -0.05) is 60.7 Å². The zero-order chi connectivity index (χ0) is 13.8. The monoisotopic (exact) mass is 262 g/mol. The van der Waals surface area contributed by atoms with Gasteiger partial charge in [0.05, 0.1) is 11.9 Å². The SMILES string of the molecule is OC(c1ccccc1)(c1ccccc1)c1cnccn1. The molecular weight excluding hydrogens is 248 g/mol. The molecule has 0 radical (unpaired) electrons. The Balaban J connectivity index is 2.24. The molecule has 1 N–H and O–H groups in total. The number of hydrogen-bond acceptors (Lipinski definition) is 3. The minimum absolute atomic E-state index is 0.511. The summed E-state index contributed by atoms with van der Waals surface area (Å²) in [6.07, 6.45) is 4.78. The first-order valence-corrected chi connectivity index (χ1v) is 6.42. The maximum absolute atomic E-state index is 11.3. The maximum atomic E-state index is 11.3. The summed E-state index contributed by atoms with van der Waals surface area (Å²) in [4.78, 5) is 8.37. The molecule has 0 saturated heterocycles. The number of hydrogen-bond donors (Lipinski definition) is 1. The topological polar surface area (TPSA) is 46.0 Å². The smallest absolute Gasteiger partial charge is 0.158 e. The lowest BCUT2D eigenvalue weighted by molar-refractivity contribution is 0.120. The van der Waals surface area contributed by atoms with Gasteiger partial charge in [-0.05, 0) is 11.1 Å². The van der Waals surface area contributed by atoms with Crippen molar-refractivity contribution in [2.24, 2.45) is 0 Å². The summed E-state index contributed by atoms with van der Waals surface area (Å²) in [5.41, 5.74) is 0.757. The zero-order valence-corrected chi connectivity index (χ0v) is 10.8. The highest BCUT2D eigenvalue weighted by Gasteiger charge is 2.35. The standard InChI is InChI=1S/C17H14N2O/c20-17(14-7-3-1-4-8-14,15-9-5-2-6-10-15)16-13-18-11-12-19-16/h1-13,20H. The highest BCUT2D eigenvalue weighted by atomic mass is 16.3. The number of nitrogens with zero attached hydrogens (tertiary/aromatic N) is 2. The molecule has 1 aromatic heterocycles. The highest BCUT2D eigenvalue weighted by molar-refractivity contribution is 5.43. The molecule has 3 aromatic rings. The molecule has 0 aliphatic rings. The molecule has 3 nitrogen and oxygen atoms in total. The Morgan fingerprint density at radius 3 is 1.75 bits per heavy atom. The molecule has 0 fully saturated rings. The predicted molar refractivity (Wildman–Crippen MR) is 77.0 cm³/mol. The molecule has 0 aliphatic carbocycles. The van der Waals surface area contributed by atoms with Gasteiger partial charge in [-0.25, -0.2) is 0 Å². The van der Waals surface area contributed by atoms with Crippen LogP contribution in [-0.4, -0.2) is 15.1 Å².